The van der Waals surface area contributed by atoms with Crippen LogP contribution in [-0.4, -0.2) is 71.6 Å². The summed E-state index contributed by atoms with van der Waals surface area (Å²) in [7, 11) is -1.63. The Labute approximate surface area is 183 Å². The van der Waals surface area contributed by atoms with Crippen molar-refractivity contribution in [2.75, 3.05) is 38.5 Å². The van der Waals surface area contributed by atoms with Gasteiger partial charge in [0.25, 0.3) is 0 Å². The molecule has 158 valence electrons. The number of nitrogens with one attached hydrogen (secondary N) is 1. The van der Waals surface area contributed by atoms with Gasteiger partial charge in [0.1, 0.15) is 5.01 Å². The Hall–Kier alpha value is -2.18. The van der Waals surface area contributed by atoms with Crippen LogP contribution >= 0.6 is 22.9 Å². The average Bonchev–Trinajstić information content (AvgIpc) is 3.17. The van der Waals surface area contributed by atoms with Gasteiger partial charge in [-0.05, 0) is 31.3 Å². The Bertz CT molecular complexity index is 1100. The molecule has 0 radical (unpaired) electrons. The van der Waals surface area contributed by atoms with Crippen LogP contribution in [0.4, 0.5) is 10.9 Å². The summed E-state index contributed by atoms with van der Waals surface area (Å²) in [5.74, 6) is 0.396. The number of nitrogens with zero attached hydrogens (tertiary/aromatic N) is 6. The maximum absolute atomic E-state index is 12.6. The first kappa shape index (κ1) is 21.1. The molecule has 0 bridgehead atoms. The normalized spacial score (nSPS) is 15.9. The largest absolute Gasteiger partial charge is 0.313 e. The number of likely N-dealkylation sites (N-methyl/N-ethyl adjacent to an activating group) is 1. The molecule has 3 heterocycles. The van der Waals surface area contributed by atoms with Crippen LogP contribution < -0.4 is 5.32 Å². The highest BCUT2D eigenvalue weighted by Crippen LogP contribution is 2.23. The van der Waals surface area contributed by atoms with Gasteiger partial charge in [0.15, 0.2) is 10.8 Å². The summed E-state index contributed by atoms with van der Waals surface area (Å²) >= 11 is 7.26. The first-order chi connectivity index (χ1) is 14.4. The van der Waals surface area contributed by atoms with E-state index in [0.29, 0.717) is 16.0 Å². The number of benzene rings is 1. The van der Waals surface area contributed by atoms with Crippen LogP contribution in [0.15, 0.2) is 46.6 Å². The molecular weight excluding hydrogens is 446 g/mol. The lowest BCUT2D eigenvalue weighted by molar-refractivity contribution is 0.148. The average molecular weight is 466 g/mol. The Morgan fingerprint density at radius 1 is 1.07 bits per heavy atom. The molecule has 1 saturated heterocycles. The van der Waals surface area contributed by atoms with Crippen LogP contribution in [0.1, 0.15) is 5.01 Å². The van der Waals surface area contributed by atoms with E-state index in [1.807, 2.05) is 0 Å². The lowest BCUT2D eigenvalue weighted by atomic mass is 10.3. The van der Waals surface area contributed by atoms with Crippen LogP contribution in [0.25, 0.3) is 0 Å². The highest BCUT2D eigenvalue weighted by Gasteiger charge is 2.20. The number of halogens is 1. The van der Waals surface area contributed by atoms with E-state index in [1.165, 1.54) is 48.0 Å². The summed E-state index contributed by atoms with van der Waals surface area (Å²) in [6, 6.07) is 5.92. The van der Waals surface area contributed by atoms with Crippen molar-refractivity contribution >= 4 is 43.7 Å². The molecule has 1 N–H and O–H groups in total. The predicted molar refractivity (Wildman–Crippen MR) is 115 cm³/mol. The van der Waals surface area contributed by atoms with Crippen molar-refractivity contribution in [2.45, 2.75) is 16.5 Å². The smallest absolute Gasteiger partial charge is 0.225 e. The van der Waals surface area contributed by atoms with Crippen LogP contribution in [0.2, 0.25) is 5.02 Å². The Balaban J connectivity index is 1.40. The van der Waals surface area contributed by atoms with Crippen LogP contribution in [0.5, 0.6) is 0 Å². The van der Waals surface area contributed by atoms with E-state index in [1.54, 1.807) is 0 Å². The molecule has 0 saturated carbocycles. The highest BCUT2D eigenvalue weighted by molar-refractivity contribution is 7.91. The van der Waals surface area contributed by atoms with Gasteiger partial charge in [-0.15, -0.1) is 10.2 Å². The second kappa shape index (κ2) is 8.90. The summed E-state index contributed by atoms with van der Waals surface area (Å²) in [4.78, 5) is 13.0. The molecule has 2 aromatic heterocycles. The summed E-state index contributed by atoms with van der Waals surface area (Å²) in [6.45, 7) is 4.87. The summed E-state index contributed by atoms with van der Waals surface area (Å²) in [6.07, 6.45) is 2.59. The third kappa shape index (κ3) is 4.93. The fraction of sp³-hybridized carbons (Fsp3) is 0.333. The Morgan fingerprint density at radius 2 is 1.80 bits per heavy atom. The van der Waals surface area contributed by atoms with E-state index in [9.17, 15) is 8.42 Å². The van der Waals surface area contributed by atoms with Gasteiger partial charge in [0, 0.05) is 31.2 Å². The van der Waals surface area contributed by atoms with Crippen molar-refractivity contribution in [3.8, 4) is 0 Å². The van der Waals surface area contributed by atoms with E-state index in [2.05, 4.69) is 42.3 Å². The van der Waals surface area contributed by atoms with Gasteiger partial charge in [-0.2, -0.15) is 0 Å². The lowest BCUT2D eigenvalue weighted by Crippen LogP contribution is -2.43. The first-order valence-electron chi connectivity index (χ1n) is 9.23. The van der Waals surface area contributed by atoms with Crippen molar-refractivity contribution in [1.82, 2.24) is 30.0 Å². The van der Waals surface area contributed by atoms with Gasteiger partial charge in [-0.25, -0.2) is 18.4 Å². The molecule has 0 amide bonds. The van der Waals surface area contributed by atoms with E-state index < -0.39 is 9.84 Å². The monoisotopic (exact) mass is 465 g/mol. The number of hydrogen-bond donors (Lipinski definition) is 1. The zero-order valence-electron chi connectivity index (χ0n) is 16.2. The molecule has 4 rings (SSSR count). The molecule has 0 aliphatic carbocycles. The predicted octanol–water partition coefficient (Wildman–Crippen LogP) is 2.31. The molecule has 1 aliphatic heterocycles. The third-order valence-corrected chi connectivity index (χ3v) is 7.41. The maximum Gasteiger partial charge on any atom is 0.225 e. The summed E-state index contributed by atoms with van der Waals surface area (Å²) in [5, 5.41) is 13.2. The maximum atomic E-state index is 12.6. The van der Waals surface area contributed by atoms with Gasteiger partial charge in [-0.3, -0.25) is 4.90 Å². The molecule has 1 fully saturated rings. The van der Waals surface area contributed by atoms with Crippen LogP contribution in [0, 0.1) is 0 Å². The van der Waals surface area contributed by atoms with E-state index in [-0.39, 0.29) is 9.92 Å². The van der Waals surface area contributed by atoms with E-state index >= 15 is 0 Å². The van der Waals surface area contributed by atoms with Crippen molar-refractivity contribution in [2.24, 2.45) is 0 Å². The van der Waals surface area contributed by atoms with E-state index in [4.69, 9.17) is 11.6 Å². The Kier molecular flexibility index (Phi) is 6.25. The molecule has 1 aliphatic rings. The number of sulfone groups is 1. The summed E-state index contributed by atoms with van der Waals surface area (Å²) < 4.78 is 25.3. The molecule has 30 heavy (non-hydrogen) atoms. The second-order valence-corrected chi connectivity index (χ2v) is 10.3. The van der Waals surface area contributed by atoms with Gasteiger partial charge in [0.2, 0.25) is 15.0 Å². The molecule has 9 nitrogen and oxygen atoms in total. The first-order valence-corrected chi connectivity index (χ1v) is 11.9. The Morgan fingerprint density at radius 3 is 2.47 bits per heavy atom. The van der Waals surface area contributed by atoms with Gasteiger partial charge >= 0.3 is 0 Å². The zero-order valence-corrected chi connectivity index (χ0v) is 18.6. The standard InChI is InChI=1S/C18H20ClN7O2S2/c1-25-6-8-26(9-7-25)12-16-23-24-18(29-16)22-15-10-21-17(11-20-15)30(27,28)14-4-2-13(19)3-5-14/h2-5,10-11H,6-9,12H2,1H3,(H,20,22,24). The number of rotatable bonds is 6. The van der Waals surface area contributed by atoms with Gasteiger partial charge < -0.3 is 10.2 Å². The highest BCUT2D eigenvalue weighted by atomic mass is 35.5. The molecule has 1 aromatic carbocycles. The molecule has 0 unspecified atom stereocenters. The van der Waals surface area contributed by atoms with Crippen molar-refractivity contribution in [3.63, 3.8) is 0 Å². The molecule has 0 atom stereocenters. The summed E-state index contributed by atoms with van der Waals surface area (Å²) in [5.41, 5.74) is 0. The SMILES string of the molecule is CN1CCN(Cc2nnc(Nc3cnc(S(=O)(=O)c4ccc(Cl)cc4)cn3)s2)CC1. The van der Waals surface area contributed by atoms with E-state index in [0.717, 1.165) is 37.7 Å². The number of aromatic nitrogens is 4. The van der Waals surface area contributed by atoms with Crippen molar-refractivity contribution < 1.29 is 8.42 Å². The van der Waals surface area contributed by atoms with Crippen molar-refractivity contribution in [3.05, 3.63) is 46.7 Å². The van der Waals surface area contributed by atoms with Crippen LogP contribution in [0.3, 0.4) is 0 Å². The third-order valence-electron chi connectivity index (χ3n) is 4.68. The topological polar surface area (TPSA) is 104 Å². The number of anilines is 2. The number of piperazine rings is 1. The fourth-order valence-electron chi connectivity index (χ4n) is 2.93. The van der Waals surface area contributed by atoms with Gasteiger partial charge in [-0.1, -0.05) is 22.9 Å². The lowest BCUT2D eigenvalue weighted by Gasteiger charge is -2.31. The number of hydrogen-bond acceptors (Lipinski definition) is 10. The quantitative estimate of drug-likeness (QED) is 0.587. The van der Waals surface area contributed by atoms with Crippen molar-refractivity contribution in [1.29, 1.82) is 0 Å². The zero-order chi connectivity index (χ0) is 21.1. The second-order valence-electron chi connectivity index (χ2n) is 6.90. The minimum absolute atomic E-state index is 0.111. The molecular formula is C18H20ClN7O2S2. The molecule has 3 aromatic rings. The van der Waals surface area contributed by atoms with Crippen LogP contribution in [-0.2, 0) is 16.4 Å². The molecule has 0 spiro atoms. The minimum Gasteiger partial charge on any atom is -0.313 e. The van der Waals surface area contributed by atoms with Gasteiger partial charge in [0.05, 0.1) is 23.8 Å². The fourth-order valence-corrected chi connectivity index (χ4v) is 4.96. The minimum atomic E-state index is -3.76. The molecule has 12 heteroatoms.